The van der Waals surface area contributed by atoms with Crippen LogP contribution in [0.2, 0.25) is 0 Å². The van der Waals surface area contributed by atoms with Gasteiger partial charge in [-0.05, 0) is 43.2 Å². The van der Waals surface area contributed by atoms with E-state index in [2.05, 4.69) is 5.32 Å². The number of nitro groups is 1. The predicted octanol–water partition coefficient (Wildman–Crippen LogP) is 4.09. The molecule has 0 saturated carbocycles. The second-order valence-electron chi connectivity index (χ2n) is 5.07. The summed E-state index contributed by atoms with van der Waals surface area (Å²) in [6, 6.07) is 11.2. The molecule has 2 rings (SSSR count). The molecular formula is C16H14FN3O2. The van der Waals surface area contributed by atoms with Gasteiger partial charge in [0, 0.05) is 6.04 Å². The molecule has 1 N–H and O–H groups in total. The number of halogens is 1. The van der Waals surface area contributed by atoms with Gasteiger partial charge in [-0.25, -0.2) is 0 Å². The van der Waals surface area contributed by atoms with Crippen molar-refractivity contribution in [1.82, 2.24) is 0 Å². The molecule has 22 heavy (non-hydrogen) atoms. The molecule has 5 nitrogen and oxygen atoms in total. The smallest absolute Gasteiger partial charge is 0.327 e. The second kappa shape index (κ2) is 6.22. The SMILES string of the molecule is CC(C)Nc1cc(-c2ccccc2C#N)cc(F)c1[N+](=O)[O-]. The van der Waals surface area contributed by atoms with Crippen LogP contribution in [0.3, 0.4) is 0 Å². The monoisotopic (exact) mass is 299 g/mol. The van der Waals surface area contributed by atoms with Crippen LogP contribution < -0.4 is 5.32 Å². The van der Waals surface area contributed by atoms with Crippen LogP contribution in [-0.4, -0.2) is 11.0 Å². The van der Waals surface area contributed by atoms with Crippen molar-refractivity contribution in [2.24, 2.45) is 0 Å². The van der Waals surface area contributed by atoms with Crippen molar-refractivity contribution in [2.45, 2.75) is 19.9 Å². The number of rotatable bonds is 4. The van der Waals surface area contributed by atoms with E-state index in [1.807, 2.05) is 6.07 Å². The Morgan fingerprint density at radius 1 is 1.32 bits per heavy atom. The highest BCUT2D eigenvalue weighted by Crippen LogP contribution is 2.35. The first-order valence-electron chi connectivity index (χ1n) is 6.68. The lowest BCUT2D eigenvalue weighted by molar-refractivity contribution is -0.386. The number of nitrogens with zero attached hydrogens (tertiary/aromatic N) is 2. The van der Waals surface area contributed by atoms with Crippen molar-refractivity contribution in [1.29, 1.82) is 5.26 Å². The van der Waals surface area contributed by atoms with Crippen LogP contribution in [-0.2, 0) is 0 Å². The van der Waals surface area contributed by atoms with Crippen molar-refractivity contribution < 1.29 is 9.31 Å². The number of benzene rings is 2. The Morgan fingerprint density at radius 2 is 2.00 bits per heavy atom. The molecule has 0 radical (unpaired) electrons. The van der Waals surface area contributed by atoms with E-state index in [9.17, 15) is 14.5 Å². The van der Waals surface area contributed by atoms with Gasteiger partial charge in [-0.3, -0.25) is 10.1 Å². The third kappa shape index (κ3) is 3.04. The fourth-order valence-electron chi connectivity index (χ4n) is 2.19. The van der Waals surface area contributed by atoms with Crippen molar-refractivity contribution in [3.8, 4) is 17.2 Å². The van der Waals surface area contributed by atoms with Crippen LogP contribution in [0.1, 0.15) is 19.4 Å². The highest BCUT2D eigenvalue weighted by molar-refractivity contribution is 5.77. The van der Waals surface area contributed by atoms with Gasteiger partial charge in [-0.15, -0.1) is 0 Å². The topological polar surface area (TPSA) is 79.0 Å². The fourth-order valence-corrected chi connectivity index (χ4v) is 2.19. The first-order chi connectivity index (χ1) is 10.4. The molecule has 0 unspecified atom stereocenters. The number of hydrogen-bond acceptors (Lipinski definition) is 4. The summed E-state index contributed by atoms with van der Waals surface area (Å²) < 4.78 is 14.2. The number of anilines is 1. The lowest BCUT2D eigenvalue weighted by Gasteiger charge is -2.13. The Balaban J connectivity index is 2.67. The maximum absolute atomic E-state index is 14.2. The Labute approximate surface area is 127 Å². The maximum Gasteiger partial charge on any atom is 0.327 e. The van der Waals surface area contributed by atoms with Crippen LogP contribution in [0.15, 0.2) is 36.4 Å². The zero-order chi connectivity index (χ0) is 16.3. The number of hydrogen-bond donors (Lipinski definition) is 1. The minimum absolute atomic E-state index is 0.0976. The van der Waals surface area contributed by atoms with Gasteiger partial charge >= 0.3 is 5.69 Å². The van der Waals surface area contributed by atoms with Crippen molar-refractivity contribution in [3.05, 3.63) is 57.9 Å². The summed E-state index contributed by atoms with van der Waals surface area (Å²) in [5, 5.41) is 23.1. The highest BCUT2D eigenvalue weighted by atomic mass is 19.1. The van der Waals surface area contributed by atoms with Crippen LogP contribution in [0.4, 0.5) is 15.8 Å². The summed E-state index contributed by atoms with van der Waals surface area (Å²) in [4.78, 5) is 10.3. The fraction of sp³-hybridized carbons (Fsp3) is 0.188. The third-order valence-corrected chi connectivity index (χ3v) is 3.05. The lowest BCUT2D eigenvalue weighted by Crippen LogP contribution is -2.12. The lowest BCUT2D eigenvalue weighted by atomic mass is 9.99. The van der Waals surface area contributed by atoms with E-state index in [-0.39, 0.29) is 11.7 Å². The van der Waals surface area contributed by atoms with Crippen LogP contribution in [0.5, 0.6) is 0 Å². The second-order valence-corrected chi connectivity index (χ2v) is 5.07. The van der Waals surface area contributed by atoms with E-state index >= 15 is 0 Å². The molecule has 0 atom stereocenters. The van der Waals surface area contributed by atoms with E-state index in [0.717, 1.165) is 6.07 Å². The predicted molar refractivity (Wildman–Crippen MR) is 82.0 cm³/mol. The summed E-state index contributed by atoms with van der Waals surface area (Å²) in [6.45, 7) is 3.61. The first-order valence-corrected chi connectivity index (χ1v) is 6.68. The van der Waals surface area contributed by atoms with E-state index in [1.54, 1.807) is 38.1 Å². The Bertz CT molecular complexity index is 766. The molecule has 0 saturated heterocycles. The van der Waals surface area contributed by atoms with Gasteiger partial charge in [0.05, 0.1) is 16.6 Å². The standard InChI is InChI=1S/C16H14FN3O2/c1-10(2)19-15-8-12(7-14(17)16(15)20(21)22)13-6-4-3-5-11(13)9-18/h3-8,10,19H,1-2H3. The normalized spacial score (nSPS) is 10.3. The molecule has 0 amide bonds. The van der Waals surface area contributed by atoms with Crippen molar-refractivity contribution in [3.63, 3.8) is 0 Å². The minimum Gasteiger partial charge on any atom is -0.377 e. The molecule has 0 fully saturated rings. The average Bonchev–Trinajstić information content (AvgIpc) is 2.45. The van der Waals surface area contributed by atoms with Crippen LogP contribution in [0, 0.1) is 27.3 Å². The molecule has 0 aliphatic carbocycles. The zero-order valence-electron chi connectivity index (χ0n) is 12.1. The van der Waals surface area contributed by atoms with Crippen molar-refractivity contribution >= 4 is 11.4 Å². The summed E-state index contributed by atoms with van der Waals surface area (Å²) in [7, 11) is 0. The summed E-state index contributed by atoms with van der Waals surface area (Å²) in [5.74, 6) is -0.932. The Hall–Kier alpha value is -2.94. The Kier molecular flexibility index (Phi) is 4.37. The molecule has 0 bridgehead atoms. The number of nitro benzene ring substituents is 1. The zero-order valence-corrected chi connectivity index (χ0v) is 12.1. The van der Waals surface area contributed by atoms with Gasteiger partial charge in [-0.1, -0.05) is 18.2 Å². The molecular weight excluding hydrogens is 285 g/mol. The van der Waals surface area contributed by atoms with Crippen LogP contribution in [0.25, 0.3) is 11.1 Å². The third-order valence-electron chi connectivity index (χ3n) is 3.05. The quantitative estimate of drug-likeness (QED) is 0.681. The van der Waals surface area contributed by atoms with Crippen molar-refractivity contribution in [2.75, 3.05) is 5.32 Å². The molecule has 0 heterocycles. The molecule has 0 spiro atoms. The van der Waals surface area contributed by atoms with Gasteiger partial charge in [0.25, 0.3) is 0 Å². The minimum atomic E-state index is -0.932. The molecule has 0 aliphatic heterocycles. The Morgan fingerprint density at radius 3 is 2.59 bits per heavy atom. The van der Waals surface area contributed by atoms with E-state index < -0.39 is 16.4 Å². The maximum atomic E-state index is 14.2. The molecule has 2 aromatic rings. The molecule has 112 valence electrons. The summed E-state index contributed by atoms with van der Waals surface area (Å²) >= 11 is 0. The van der Waals surface area contributed by atoms with Gasteiger partial charge in [0.15, 0.2) is 0 Å². The molecule has 0 aromatic heterocycles. The van der Waals surface area contributed by atoms with E-state index in [4.69, 9.17) is 5.26 Å². The highest BCUT2D eigenvalue weighted by Gasteiger charge is 2.23. The number of nitriles is 1. The first kappa shape index (κ1) is 15.4. The van der Waals surface area contributed by atoms with Gasteiger partial charge in [0.1, 0.15) is 5.69 Å². The molecule has 2 aromatic carbocycles. The van der Waals surface area contributed by atoms with E-state index in [1.165, 1.54) is 6.07 Å². The average molecular weight is 299 g/mol. The van der Waals surface area contributed by atoms with Gasteiger partial charge < -0.3 is 5.32 Å². The van der Waals surface area contributed by atoms with Gasteiger partial charge in [0.2, 0.25) is 5.82 Å². The molecule has 0 aliphatic rings. The summed E-state index contributed by atoms with van der Waals surface area (Å²) in [5.41, 5.74) is 0.842. The summed E-state index contributed by atoms with van der Waals surface area (Å²) in [6.07, 6.45) is 0. The largest absolute Gasteiger partial charge is 0.377 e. The number of nitrogens with one attached hydrogen (secondary N) is 1. The van der Waals surface area contributed by atoms with Gasteiger partial charge in [-0.2, -0.15) is 9.65 Å². The molecule has 6 heteroatoms. The van der Waals surface area contributed by atoms with Crippen LogP contribution >= 0.6 is 0 Å². The van der Waals surface area contributed by atoms with E-state index in [0.29, 0.717) is 16.7 Å².